The normalized spacial score (nSPS) is 13.2. The summed E-state index contributed by atoms with van der Waals surface area (Å²) in [5, 5.41) is 2.92. The molecule has 1 aromatic carbocycles. The number of benzene rings is 1. The molecule has 0 heterocycles. The fourth-order valence-corrected chi connectivity index (χ4v) is 5.71. The van der Waals surface area contributed by atoms with Gasteiger partial charge in [-0.1, -0.05) is 89.9 Å². The number of phosphoric acid groups is 1. The molecule has 0 spiro atoms. The topological polar surface area (TPSA) is 117 Å². The third-order valence-corrected chi connectivity index (χ3v) is 8.71. The van der Waals surface area contributed by atoms with Crippen LogP contribution in [0.2, 0.25) is 0 Å². The van der Waals surface area contributed by atoms with Crippen LogP contribution in [0.4, 0.5) is 5.69 Å². The Morgan fingerprint density at radius 2 is 1.29 bits per heavy atom. The van der Waals surface area contributed by atoms with Crippen LogP contribution in [0.1, 0.15) is 121 Å². The molecule has 0 saturated heterocycles. The van der Waals surface area contributed by atoms with Crippen molar-refractivity contribution in [1.29, 1.82) is 0 Å². The third kappa shape index (κ3) is 27.1. The molecular weight excluding hydrogens is 588 g/mol. The van der Waals surface area contributed by atoms with Crippen molar-refractivity contribution >= 4 is 32.7 Å². The molecule has 1 aromatic rings. The van der Waals surface area contributed by atoms with Gasteiger partial charge < -0.3 is 18.4 Å². The van der Waals surface area contributed by atoms with Gasteiger partial charge in [-0.2, -0.15) is 0 Å². The van der Waals surface area contributed by atoms with Crippen molar-refractivity contribution in [1.82, 2.24) is 0 Å². The predicted molar refractivity (Wildman–Crippen MR) is 184 cm³/mol. The number of quaternary nitrogens is 1. The number of hydrogen-bond acceptors (Lipinski definition) is 7. The first kappa shape index (κ1) is 41.3. The van der Waals surface area contributed by atoms with Crippen molar-refractivity contribution < 1.29 is 32.5 Å². The van der Waals surface area contributed by atoms with Crippen molar-refractivity contribution in [2.45, 2.75) is 122 Å². The number of phosphoric ester groups is 1. The van der Waals surface area contributed by atoms with E-state index in [1.807, 2.05) is 33.3 Å². The zero-order chi connectivity index (χ0) is 33.1. The van der Waals surface area contributed by atoms with Gasteiger partial charge in [-0.15, -0.1) is 0 Å². The molecule has 9 nitrogen and oxygen atoms in total. The maximum atomic E-state index is 12.0. The number of aliphatic imine (C=N–C) groups is 1. The summed E-state index contributed by atoms with van der Waals surface area (Å²) in [7, 11) is 2.45. The molecule has 1 N–H and O–H groups in total. The number of nitrogens with one attached hydrogen (secondary N) is 1. The zero-order valence-electron chi connectivity index (χ0n) is 28.5. The van der Waals surface area contributed by atoms with Gasteiger partial charge in [0.15, 0.2) is 0 Å². The molecule has 1 atom stereocenters. The van der Waals surface area contributed by atoms with Crippen LogP contribution < -0.4 is 10.2 Å². The van der Waals surface area contributed by atoms with Crippen LogP contribution in [0.25, 0.3) is 0 Å². The van der Waals surface area contributed by atoms with E-state index < -0.39 is 7.82 Å². The number of carbonyl (C=O) groups excluding carboxylic acids is 1. The number of unbranched alkanes of at least 4 members (excludes halogenated alkanes) is 15. The molecule has 0 bridgehead atoms. The van der Waals surface area contributed by atoms with Gasteiger partial charge in [0.2, 0.25) is 0 Å². The van der Waals surface area contributed by atoms with E-state index in [1.165, 1.54) is 95.1 Å². The Balaban J connectivity index is 1.85. The number of likely N-dealkylation sites (N-methyl/N-ethyl adjacent to an activating group) is 1. The second kappa shape index (κ2) is 26.4. The molecule has 1 rings (SSSR count). The van der Waals surface area contributed by atoms with E-state index in [2.05, 4.69) is 22.4 Å². The van der Waals surface area contributed by atoms with E-state index in [4.69, 9.17) is 9.05 Å². The Morgan fingerprint density at radius 3 is 1.80 bits per heavy atom. The van der Waals surface area contributed by atoms with Gasteiger partial charge in [0.25, 0.3) is 7.82 Å². The average molecular weight is 650 g/mol. The molecule has 0 aliphatic rings. The van der Waals surface area contributed by atoms with Crippen molar-refractivity contribution in [3.8, 4) is 0 Å². The van der Waals surface area contributed by atoms with Crippen molar-refractivity contribution in [2.75, 3.05) is 52.8 Å². The van der Waals surface area contributed by atoms with Gasteiger partial charge in [-0.3, -0.25) is 4.57 Å². The van der Waals surface area contributed by atoms with Crippen molar-refractivity contribution in [3.63, 3.8) is 0 Å². The van der Waals surface area contributed by atoms with E-state index in [1.54, 1.807) is 0 Å². The summed E-state index contributed by atoms with van der Waals surface area (Å²) < 4.78 is 32.5. The summed E-state index contributed by atoms with van der Waals surface area (Å²) in [5.41, 5.74) is 2.13. The molecule has 11 heteroatoms. The first-order valence-electron chi connectivity index (χ1n) is 17.3. The number of anilines is 1. The zero-order valence-corrected chi connectivity index (χ0v) is 29.4. The Morgan fingerprint density at radius 1 is 0.800 bits per heavy atom. The van der Waals surface area contributed by atoms with Crippen LogP contribution in [0.3, 0.4) is 0 Å². The van der Waals surface area contributed by atoms with Gasteiger partial charge in [-0.25, -0.2) is 0 Å². The molecule has 0 aliphatic carbocycles. The number of hydrogen-bond donors (Lipinski definition) is 1. The molecule has 1 amide bonds. The standard InChI is InChI=1S/C34H61BN3O6P/c1-38(2,3)28-30-44-45(41,42)43-29-19-17-15-13-11-9-7-5-4-6-8-10-12-14-16-18-21-32-23-25-33(26-24-32)37-34(39)22-20-27-36-31-35-40/h23-26,31H,4-22,27-30H2,1-3H3,(H-,37,39,41,42). The second-order valence-corrected chi connectivity index (χ2v) is 14.5. The number of aryl methyl sites for hydroxylation is 1. The third-order valence-electron chi connectivity index (χ3n) is 7.72. The minimum atomic E-state index is -4.17. The van der Waals surface area contributed by atoms with E-state index >= 15 is 0 Å². The summed E-state index contributed by atoms with van der Waals surface area (Å²) >= 11 is 0. The van der Waals surface area contributed by atoms with Crippen LogP contribution in [-0.2, 0) is 29.5 Å². The SMILES string of the molecule is C[N+](C)(C)CCOP(=O)([O-])OCCCCCCCCCCCCCCCCCCc1ccc(NC(=O)CCCN=CB=O)cc1. The molecule has 45 heavy (non-hydrogen) atoms. The Kier molecular flexibility index (Phi) is 24.2. The Labute approximate surface area is 274 Å². The fraction of sp³-hybridized carbons (Fsp3) is 0.765. The quantitative estimate of drug-likeness (QED) is 0.0304. The van der Waals surface area contributed by atoms with Crippen LogP contribution in [0, 0.1) is 0 Å². The number of rotatable bonds is 30. The van der Waals surface area contributed by atoms with Gasteiger partial charge in [0.1, 0.15) is 13.2 Å². The molecular formula is C34H61BN3O6P. The Bertz CT molecular complexity index is 972. The maximum absolute atomic E-state index is 12.0. The predicted octanol–water partition coefficient (Wildman–Crippen LogP) is 7.48. The number of nitrogens with zero attached hydrogens (tertiary/aromatic N) is 2. The number of carbonyl (C=O) groups is 1. The van der Waals surface area contributed by atoms with Crippen LogP contribution in [0.15, 0.2) is 29.3 Å². The molecule has 0 fully saturated rings. The van der Waals surface area contributed by atoms with E-state index in [9.17, 15) is 19.0 Å². The molecule has 256 valence electrons. The molecule has 0 aliphatic heterocycles. The van der Waals surface area contributed by atoms with E-state index in [0.29, 0.717) is 37.6 Å². The van der Waals surface area contributed by atoms with Crippen LogP contribution in [0.5, 0.6) is 0 Å². The molecule has 1 unspecified atom stereocenters. The summed E-state index contributed by atoms with van der Waals surface area (Å²) in [6, 6.07) is 8.15. The van der Waals surface area contributed by atoms with Gasteiger partial charge in [-0.05, 0) is 12.8 Å². The molecule has 0 radical (unpaired) electrons. The summed E-state index contributed by atoms with van der Waals surface area (Å²) in [6.07, 6.45) is 23.1. The second-order valence-electron chi connectivity index (χ2n) is 13.1. The Hall–Kier alpha value is -1.71. The van der Waals surface area contributed by atoms with Gasteiger partial charge in [0.05, 0.1) is 27.7 Å². The van der Waals surface area contributed by atoms with Crippen molar-refractivity contribution in [3.05, 3.63) is 29.8 Å². The van der Waals surface area contributed by atoms with Gasteiger partial charge >= 0.3 is 100 Å². The monoisotopic (exact) mass is 649 g/mol. The van der Waals surface area contributed by atoms with Crippen molar-refractivity contribution in [2.24, 2.45) is 4.99 Å². The van der Waals surface area contributed by atoms with Crippen LogP contribution in [-0.4, -0.2) is 71.1 Å². The average Bonchev–Trinajstić information content (AvgIpc) is 2.98. The van der Waals surface area contributed by atoms with E-state index in [0.717, 1.165) is 31.4 Å². The fourth-order valence-electron chi connectivity index (χ4n) is 4.97. The summed E-state index contributed by atoms with van der Waals surface area (Å²) in [4.78, 5) is 27.6. The summed E-state index contributed by atoms with van der Waals surface area (Å²) in [6.45, 7) is 1.47. The van der Waals surface area contributed by atoms with E-state index in [-0.39, 0.29) is 19.1 Å². The molecule has 0 aromatic heterocycles. The minimum absolute atomic E-state index is 0.0259. The van der Waals surface area contributed by atoms with Gasteiger partial charge in [0, 0.05) is 0 Å². The first-order chi connectivity index (χ1) is 21.6. The molecule has 0 saturated carbocycles. The summed E-state index contributed by atoms with van der Waals surface area (Å²) in [5.74, 6) is -0.0259. The first-order valence-corrected chi connectivity index (χ1v) is 18.8. The van der Waals surface area contributed by atoms with Crippen LogP contribution >= 0.6 is 7.82 Å². The number of amides is 1.